The summed E-state index contributed by atoms with van der Waals surface area (Å²) in [7, 11) is -7.30. The van der Waals surface area contributed by atoms with Gasteiger partial charge in [-0.3, -0.25) is 13.9 Å². The summed E-state index contributed by atoms with van der Waals surface area (Å²) in [5.74, 6) is 0. The molecule has 2 aliphatic rings. The van der Waals surface area contributed by atoms with E-state index in [9.17, 15) is 18.0 Å². The fraction of sp³-hybridized carbons (Fsp3) is 0.600. The molecule has 4 rings (SSSR count). The van der Waals surface area contributed by atoms with Gasteiger partial charge in [0.15, 0.2) is 20.1 Å². The Hall–Kier alpha value is -2.38. The monoisotopic (exact) mass is 681 g/mol. The molecule has 2 N–H and O–H groups in total. The van der Waals surface area contributed by atoms with Crippen molar-refractivity contribution in [2.24, 2.45) is 12.8 Å². The zero-order chi connectivity index (χ0) is 34.0. The van der Waals surface area contributed by atoms with Crippen molar-refractivity contribution in [2.45, 2.75) is 95.7 Å². The van der Waals surface area contributed by atoms with Gasteiger partial charge in [-0.15, -0.1) is 0 Å². The van der Waals surface area contributed by atoms with Crippen molar-refractivity contribution in [3.63, 3.8) is 0 Å². The van der Waals surface area contributed by atoms with E-state index in [0.29, 0.717) is 0 Å². The van der Waals surface area contributed by atoms with Crippen molar-refractivity contribution >= 4 is 32.2 Å². The lowest BCUT2D eigenvalue weighted by Crippen LogP contribution is -2.63. The average molecular weight is 682 g/mol. The zero-order valence-electron chi connectivity index (χ0n) is 28.0. The van der Waals surface area contributed by atoms with Gasteiger partial charge < -0.3 is 23.7 Å². The summed E-state index contributed by atoms with van der Waals surface area (Å²) in [6, 6.07) is 9.59. The Morgan fingerprint density at radius 2 is 1.64 bits per heavy atom. The van der Waals surface area contributed by atoms with Gasteiger partial charge in [0, 0.05) is 31.0 Å². The summed E-state index contributed by atoms with van der Waals surface area (Å²) in [6.45, 7) is 17.5. The molecule has 12 nitrogen and oxygen atoms in total. The largest absolute Gasteiger partial charge is 0.406 e. The molecule has 0 bridgehead atoms. The van der Waals surface area contributed by atoms with Crippen molar-refractivity contribution < 1.29 is 30.6 Å². The van der Waals surface area contributed by atoms with Gasteiger partial charge in [-0.25, -0.2) is 8.98 Å². The average Bonchev–Trinajstić information content (AvgIpc) is 3.35. The molecule has 2 aliphatic heterocycles. The van der Waals surface area contributed by atoms with Crippen LogP contribution in [0.4, 0.5) is 0 Å². The van der Waals surface area contributed by atoms with Gasteiger partial charge in [0.25, 0.3) is 15.7 Å². The van der Waals surface area contributed by atoms with Gasteiger partial charge in [-0.1, -0.05) is 71.9 Å². The van der Waals surface area contributed by atoms with Crippen LogP contribution in [0.3, 0.4) is 0 Å². The first kappa shape index (κ1) is 35.5. The number of rotatable bonds is 8. The fourth-order valence-corrected chi connectivity index (χ4v) is 11.8. The molecule has 0 radical (unpaired) electrons. The van der Waals surface area contributed by atoms with E-state index in [2.05, 4.69) is 0 Å². The number of aromatic nitrogens is 2. The lowest BCUT2D eigenvalue weighted by Gasteiger charge is -2.44. The highest BCUT2D eigenvalue weighted by Gasteiger charge is 2.68. The van der Waals surface area contributed by atoms with Crippen LogP contribution in [0.15, 0.2) is 57.2 Å². The molecule has 0 aliphatic carbocycles. The molecule has 1 fully saturated rings. The lowest BCUT2D eigenvalue weighted by molar-refractivity contribution is -0.0600. The predicted molar refractivity (Wildman–Crippen MR) is 176 cm³/mol. The van der Waals surface area contributed by atoms with Crippen LogP contribution >= 0.6 is 0 Å². The Labute approximate surface area is 267 Å². The van der Waals surface area contributed by atoms with E-state index in [1.807, 2.05) is 85.0 Å². The molecular formula is C30H47N3O9SSi2. The number of nitrogens with two attached hydrogens (primary N) is 1. The molecule has 1 spiro atoms. The topological polar surface area (TPSA) is 150 Å². The molecule has 3 heterocycles. The smallest absolute Gasteiger partial charge is 0.377 e. The number of hydrogen-bond donors (Lipinski definition) is 1. The SMILES string of the molecule is CO[Si](OC[C@H]1O[C@@H](n2cc(C)c(=O)n(C)c2=O)[C@H](O[Si](C)(C)C(C)(C)C)C12OS(=O)(=O)C=C2N)(c1ccccc1)C(C)(C)C. The Balaban J connectivity index is 1.95. The highest BCUT2D eigenvalue weighted by atomic mass is 32.2. The Kier molecular flexibility index (Phi) is 9.22. The maximum absolute atomic E-state index is 13.6. The van der Waals surface area contributed by atoms with Crippen molar-refractivity contribution in [1.82, 2.24) is 9.13 Å². The Morgan fingerprint density at radius 1 is 1.04 bits per heavy atom. The van der Waals surface area contributed by atoms with Crippen LogP contribution in [-0.4, -0.2) is 66.0 Å². The molecular weight excluding hydrogens is 635 g/mol. The quantitative estimate of drug-likeness (QED) is 0.326. The zero-order valence-corrected chi connectivity index (χ0v) is 30.9. The van der Waals surface area contributed by atoms with Crippen molar-refractivity contribution in [1.29, 1.82) is 0 Å². The van der Waals surface area contributed by atoms with Gasteiger partial charge >= 0.3 is 14.3 Å². The number of ether oxygens (including phenoxy) is 1. The van der Waals surface area contributed by atoms with E-state index in [4.69, 9.17) is 27.9 Å². The van der Waals surface area contributed by atoms with Gasteiger partial charge in [0.2, 0.25) is 0 Å². The normalized spacial score (nSPS) is 26.6. The highest BCUT2D eigenvalue weighted by molar-refractivity contribution is 7.90. The second kappa shape index (κ2) is 11.7. The number of aryl methyl sites for hydroxylation is 1. The summed E-state index contributed by atoms with van der Waals surface area (Å²) < 4.78 is 60.9. The van der Waals surface area contributed by atoms with Crippen LogP contribution in [-0.2, 0) is 39.4 Å². The molecule has 5 atom stereocenters. The van der Waals surface area contributed by atoms with Crippen LogP contribution in [0.5, 0.6) is 0 Å². The molecule has 0 saturated carbocycles. The molecule has 1 saturated heterocycles. The molecule has 45 heavy (non-hydrogen) atoms. The number of hydrogen-bond acceptors (Lipinski definition) is 10. The summed E-state index contributed by atoms with van der Waals surface area (Å²) in [5, 5.41) is 0.919. The Bertz CT molecular complexity index is 1690. The summed E-state index contributed by atoms with van der Waals surface area (Å²) in [6.07, 6.45) is -2.20. The summed E-state index contributed by atoms with van der Waals surface area (Å²) in [4.78, 5) is 26.2. The maximum Gasteiger partial charge on any atom is 0.377 e. The minimum absolute atomic E-state index is 0.128. The molecule has 0 amide bonds. The van der Waals surface area contributed by atoms with E-state index >= 15 is 0 Å². The number of benzene rings is 1. The van der Waals surface area contributed by atoms with Gasteiger partial charge in [0.1, 0.15) is 12.2 Å². The van der Waals surface area contributed by atoms with E-state index in [1.54, 1.807) is 14.0 Å². The Morgan fingerprint density at radius 3 is 2.13 bits per heavy atom. The highest BCUT2D eigenvalue weighted by Crippen LogP contribution is 2.52. The first-order valence-corrected chi connectivity index (χ1v) is 21.0. The van der Waals surface area contributed by atoms with Crippen LogP contribution in [0.2, 0.25) is 23.2 Å². The third kappa shape index (κ3) is 5.97. The third-order valence-corrected chi connectivity index (χ3v) is 19.0. The minimum Gasteiger partial charge on any atom is -0.406 e. The minimum atomic E-state index is -4.27. The van der Waals surface area contributed by atoms with Crippen LogP contribution in [0.1, 0.15) is 53.3 Å². The lowest BCUT2D eigenvalue weighted by atomic mass is 9.89. The first-order valence-electron chi connectivity index (χ1n) is 14.8. The molecule has 250 valence electrons. The standard InChI is InChI=1S/C30H47N3O9SSi2/c1-20-17-33(27(35)32(8)25(20)34)26-24(41-44(10,11)28(2,3)4)30(22(31)19-43(36,37)42-30)23(40-26)18-39-45(38-9,29(5,6)7)21-15-13-12-14-16-21/h12-17,19,23-24,26H,18,31H2,1-11H3/t23-,24+,26-,30?,45?/m1/s1. The van der Waals surface area contributed by atoms with Gasteiger partial charge in [-0.2, -0.15) is 8.42 Å². The van der Waals surface area contributed by atoms with Crippen LogP contribution in [0, 0.1) is 6.92 Å². The summed E-state index contributed by atoms with van der Waals surface area (Å²) in [5.41, 5.74) is 3.72. The van der Waals surface area contributed by atoms with E-state index in [-0.39, 0.29) is 22.9 Å². The predicted octanol–water partition coefficient (Wildman–Crippen LogP) is 2.85. The third-order valence-electron chi connectivity index (χ3n) is 9.29. The second-order valence-electron chi connectivity index (χ2n) is 14.4. The number of nitrogens with zero attached hydrogens (tertiary/aromatic N) is 2. The van der Waals surface area contributed by atoms with E-state index in [1.165, 1.54) is 17.8 Å². The molecule has 2 unspecified atom stereocenters. The fourth-order valence-electron chi connectivity index (χ4n) is 5.81. The second-order valence-corrected chi connectivity index (χ2v) is 24.5. The van der Waals surface area contributed by atoms with E-state index in [0.717, 1.165) is 15.2 Å². The molecule has 15 heteroatoms. The van der Waals surface area contributed by atoms with Gasteiger partial charge in [-0.05, 0) is 30.2 Å². The summed E-state index contributed by atoms with van der Waals surface area (Å²) >= 11 is 0. The molecule has 1 aromatic carbocycles. The van der Waals surface area contributed by atoms with Gasteiger partial charge in [0.05, 0.1) is 17.7 Å². The van der Waals surface area contributed by atoms with Crippen molar-refractivity contribution in [3.8, 4) is 0 Å². The molecule has 2 aromatic rings. The van der Waals surface area contributed by atoms with Crippen molar-refractivity contribution in [2.75, 3.05) is 13.7 Å². The first-order chi connectivity index (χ1) is 20.5. The van der Waals surface area contributed by atoms with Crippen LogP contribution < -0.4 is 22.2 Å². The molecule has 1 aromatic heterocycles. The van der Waals surface area contributed by atoms with Crippen molar-refractivity contribution in [3.05, 3.63) is 74.0 Å². The maximum atomic E-state index is 13.6. The van der Waals surface area contributed by atoms with Crippen LogP contribution in [0.25, 0.3) is 0 Å². The van der Waals surface area contributed by atoms with E-state index < -0.39 is 67.3 Å².